The average molecular weight is 302 g/mol. The van der Waals surface area contributed by atoms with E-state index < -0.39 is 10.0 Å². The Morgan fingerprint density at radius 1 is 1.37 bits per heavy atom. The quantitative estimate of drug-likeness (QED) is 0.931. The van der Waals surface area contributed by atoms with E-state index in [-0.39, 0.29) is 17.3 Å². The molecule has 0 saturated carbocycles. The number of hydrogen-bond acceptors (Lipinski definition) is 5. The molecule has 0 atom stereocenters. The molecule has 102 valence electrons. The molecule has 1 N–H and O–H groups in total. The number of nitrogens with one attached hydrogen (secondary N) is 1. The van der Waals surface area contributed by atoms with E-state index in [1.54, 1.807) is 26.0 Å². The third-order valence-electron chi connectivity index (χ3n) is 2.49. The van der Waals surface area contributed by atoms with Gasteiger partial charge in [0.05, 0.1) is 11.4 Å². The summed E-state index contributed by atoms with van der Waals surface area (Å²) in [4.78, 5) is 4.05. The second kappa shape index (κ2) is 5.28. The topological polar surface area (TPSA) is 85.1 Å². The lowest BCUT2D eigenvalue weighted by Crippen LogP contribution is -2.24. The molecule has 0 aliphatic rings. The van der Waals surface area contributed by atoms with Crippen LogP contribution in [0.1, 0.15) is 17.3 Å². The van der Waals surface area contributed by atoms with Crippen LogP contribution < -0.4 is 4.72 Å². The molecule has 0 aliphatic carbocycles. The monoisotopic (exact) mass is 301 g/mol. The Kier molecular flexibility index (Phi) is 3.88. The number of sulfonamides is 1. The van der Waals surface area contributed by atoms with Gasteiger partial charge in [-0.05, 0) is 31.5 Å². The highest BCUT2D eigenvalue weighted by Crippen LogP contribution is 2.22. The Morgan fingerprint density at radius 2 is 2.11 bits per heavy atom. The third-order valence-corrected chi connectivity index (χ3v) is 4.45. The molecule has 0 bridgehead atoms. The molecule has 1 heterocycles. The molecule has 1 aromatic carbocycles. The Bertz CT molecular complexity index is 697. The summed E-state index contributed by atoms with van der Waals surface area (Å²) in [5, 5.41) is 3.98. The van der Waals surface area contributed by atoms with Crippen LogP contribution in [-0.4, -0.2) is 18.6 Å². The van der Waals surface area contributed by atoms with Crippen LogP contribution >= 0.6 is 11.6 Å². The largest absolute Gasteiger partial charge is 0.338 e. The molecule has 0 radical (unpaired) electrons. The van der Waals surface area contributed by atoms with Crippen molar-refractivity contribution >= 4 is 21.6 Å². The van der Waals surface area contributed by atoms with Gasteiger partial charge in [0.25, 0.3) is 0 Å². The lowest BCUT2D eigenvalue weighted by atomic mass is 10.2. The van der Waals surface area contributed by atoms with Crippen LogP contribution in [0, 0.1) is 13.8 Å². The molecule has 6 nitrogen and oxygen atoms in total. The number of aryl methyl sites for hydroxylation is 1. The molecule has 0 amide bonds. The van der Waals surface area contributed by atoms with Gasteiger partial charge in [0.1, 0.15) is 0 Å². The minimum absolute atomic E-state index is 0.0604. The van der Waals surface area contributed by atoms with Gasteiger partial charge in [-0.25, -0.2) is 13.1 Å². The van der Waals surface area contributed by atoms with Crippen LogP contribution in [0.3, 0.4) is 0 Å². The van der Waals surface area contributed by atoms with Gasteiger partial charge in [0.15, 0.2) is 5.82 Å². The zero-order valence-electron chi connectivity index (χ0n) is 10.3. The molecule has 0 saturated heterocycles. The number of halogens is 1. The first-order valence-electron chi connectivity index (χ1n) is 5.44. The summed E-state index contributed by atoms with van der Waals surface area (Å²) in [6, 6.07) is 4.71. The summed E-state index contributed by atoms with van der Waals surface area (Å²) in [6.45, 7) is 3.24. The van der Waals surface area contributed by atoms with Crippen molar-refractivity contribution < 1.29 is 12.9 Å². The van der Waals surface area contributed by atoms with E-state index in [1.807, 2.05) is 0 Å². The lowest BCUT2D eigenvalue weighted by molar-refractivity contribution is 0.372. The van der Waals surface area contributed by atoms with E-state index in [0.29, 0.717) is 16.4 Å². The van der Waals surface area contributed by atoms with Crippen LogP contribution in [0.5, 0.6) is 0 Å². The Labute approximate surface area is 115 Å². The van der Waals surface area contributed by atoms with Gasteiger partial charge in [-0.2, -0.15) is 4.98 Å². The summed E-state index contributed by atoms with van der Waals surface area (Å²) in [7, 11) is -3.66. The van der Waals surface area contributed by atoms with Crippen LogP contribution in [0.2, 0.25) is 5.02 Å². The summed E-state index contributed by atoms with van der Waals surface area (Å²) < 4.78 is 31.5. The minimum Gasteiger partial charge on any atom is -0.338 e. The molecular weight excluding hydrogens is 290 g/mol. The van der Waals surface area contributed by atoms with E-state index >= 15 is 0 Å². The van der Waals surface area contributed by atoms with Gasteiger partial charge in [-0.1, -0.05) is 22.8 Å². The number of rotatable bonds is 4. The Morgan fingerprint density at radius 3 is 2.74 bits per heavy atom. The second-order valence-corrected chi connectivity index (χ2v) is 6.07. The molecule has 1 aromatic heterocycles. The van der Waals surface area contributed by atoms with E-state index in [9.17, 15) is 8.42 Å². The standard InChI is InChI=1S/C11H12ClN3O3S/c1-7-9(12)4-3-5-10(7)19(16,17)13-6-11-14-8(2)15-18-11/h3-5,13H,6H2,1-2H3. The van der Waals surface area contributed by atoms with Crippen LogP contribution in [-0.2, 0) is 16.6 Å². The van der Waals surface area contributed by atoms with Crippen LogP contribution in [0.25, 0.3) is 0 Å². The van der Waals surface area contributed by atoms with Crippen LogP contribution in [0.15, 0.2) is 27.6 Å². The fraction of sp³-hybridized carbons (Fsp3) is 0.273. The fourth-order valence-corrected chi connectivity index (χ4v) is 3.00. The predicted molar refractivity (Wildman–Crippen MR) is 69.2 cm³/mol. The molecule has 0 unspecified atom stereocenters. The normalized spacial score (nSPS) is 11.7. The fourth-order valence-electron chi connectivity index (χ4n) is 1.53. The maximum Gasteiger partial charge on any atom is 0.241 e. The van der Waals surface area contributed by atoms with E-state index in [0.717, 1.165) is 0 Å². The Hall–Kier alpha value is -1.44. The van der Waals surface area contributed by atoms with Crippen molar-refractivity contribution in [1.29, 1.82) is 0 Å². The van der Waals surface area contributed by atoms with Crippen molar-refractivity contribution in [3.05, 3.63) is 40.5 Å². The van der Waals surface area contributed by atoms with Gasteiger partial charge in [-0.3, -0.25) is 0 Å². The van der Waals surface area contributed by atoms with Crippen molar-refractivity contribution in [2.75, 3.05) is 0 Å². The van der Waals surface area contributed by atoms with Crippen molar-refractivity contribution in [2.45, 2.75) is 25.3 Å². The predicted octanol–water partition coefficient (Wildman–Crippen LogP) is 1.82. The number of hydrogen-bond donors (Lipinski definition) is 1. The molecule has 2 aromatic rings. The van der Waals surface area contributed by atoms with Crippen molar-refractivity contribution in [3.8, 4) is 0 Å². The average Bonchev–Trinajstić information content (AvgIpc) is 2.76. The number of aromatic nitrogens is 2. The summed E-state index contributed by atoms with van der Waals surface area (Å²) in [5.74, 6) is 0.661. The zero-order chi connectivity index (χ0) is 14.0. The summed E-state index contributed by atoms with van der Waals surface area (Å²) in [6.07, 6.45) is 0. The molecule has 0 aliphatic heterocycles. The first-order valence-corrected chi connectivity index (χ1v) is 7.30. The molecule has 0 spiro atoms. The molecular formula is C11H12ClN3O3S. The first kappa shape index (κ1) is 14.0. The Balaban J connectivity index is 2.21. The van der Waals surface area contributed by atoms with Gasteiger partial charge in [-0.15, -0.1) is 0 Å². The lowest BCUT2D eigenvalue weighted by Gasteiger charge is -2.08. The first-order chi connectivity index (χ1) is 8.90. The second-order valence-electron chi connectivity index (χ2n) is 3.92. The molecule has 19 heavy (non-hydrogen) atoms. The molecule has 8 heteroatoms. The van der Waals surface area contributed by atoms with Crippen molar-refractivity contribution in [3.63, 3.8) is 0 Å². The summed E-state index contributed by atoms with van der Waals surface area (Å²) >= 11 is 5.91. The van der Waals surface area contributed by atoms with Crippen molar-refractivity contribution in [2.24, 2.45) is 0 Å². The maximum absolute atomic E-state index is 12.1. The zero-order valence-corrected chi connectivity index (χ0v) is 11.9. The molecule has 2 rings (SSSR count). The van der Waals surface area contributed by atoms with E-state index in [2.05, 4.69) is 14.9 Å². The SMILES string of the molecule is Cc1noc(CNS(=O)(=O)c2cccc(Cl)c2C)n1. The minimum atomic E-state index is -3.66. The van der Waals surface area contributed by atoms with Gasteiger partial charge in [0, 0.05) is 5.02 Å². The number of benzene rings is 1. The highest BCUT2D eigenvalue weighted by molar-refractivity contribution is 7.89. The summed E-state index contributed by atoms with van der Waals surface area (Å²) in [5.41, 5.74) is 0.498. The van der Waals surface area contributed by atoms with E-state index in [4.69, 9.17) is 16.1 Å². The van der Waals surface area contributed by atoms with Gasteiger partial charge >= 0.3 is 0 Å². The van der Waals surface area contributed by atoms with Gasteiger partial charge < -0.3 is 4.52 Å². The third kappa shape index (κ3) is 3.12. The highest BCUT2D eigenvalue weighted by atomic mass is 35.5. The highest BCUT2D eigenvalue weighted by Gasteiger charge is 2.18. The molecule has 0 fully saturated rings. The van der Waals surface area contributed by atoms with Crippen molar-refractivity contribution in [1.82, 2.24) is 14.9 Å². The van der Waals surface area contributed by atoms with E-state index in [1.165, 1.54) is 6.07 Å². The smallest absolute Gasteiger partial charge is 0.241 e. The van der Waals surface area contributed by atoms with Gasteiger partial charge in [0.2, 0.25) is 15.9 Å². The maximum atomic E-state index is 12.1. The number of nitrogens with zero attached hydrogens (tertiary/aromatic N) is 2. The van der Waals surface area contributed by atoms with Crippen LogP contribution in [0.4, 0.5) is 0 Å².